The standard InChI is InChI=1S/C28H26INO3S/c29-24-15-20(16-26-27(31)30(28(32)34-26)17-19-7-2-1-3-8-19)13-14-25(24)33-18-22-11-6-10-21-9-4-5-12-23(21)22/h4-6,9-16,19H,1-3,7-8,17-18H2/b26-16+. The fourth-order valence-electron chi connectivity index (χ4n) is 4.73. The third-order valence-electron chi connectivity index (χ3n) is 6.56. The maximum Gasteiger partial charge on any atom is 0.293 e. The highest BCUT2D eigenvalue weighted by molar-refractivity contribution is 14.1. The van der Waals surface area contributed by atoms with Gasteiger partial charge in [0.2, 0.25) is 0 Å². The van der Waals surface area contributed by atoms with E-state index >= 15 is 0 Å². The molecule has 6 heteroatoms. The minimum absolute atomic E-state index is 0.147. The van der Waals surface area contributed by atoms with Crippen molar-refractivity contribution in [2.45, 2.75) is 38.7 Å². The van der Waals surface area contributed by atoms with Gasteiger partial charge in [0.05, 0.1) is 8.48 Å². The average Bonchev–Trinajstić information content (AvgIpc) is 3.11. The van der Waals surface area contributed by atoms with E-state index in [9.17, 15) is 9.59 Å². The number of amides is 2. The van der Waals surface area contributed by atoms with Crippen LogP contribution in [0.15, 0.2) is 65.6 Å². The molecule has 0 N–H and O–H groups in total. The Hall–Kier alpha value is -2.32. The first kappa shape index (κ1) is 23.4. The van der Waals surface area contributed by atoms with Crippen LogP contribution in [0.1, 0.15) is 43.2 Å². The molecular weight excluding hydrogens is 557 g/mol. The molecule has 3 aromatic carbocycles. The predicted molar refractivity (Wildman–Crippen MR) is 147 cm³/mol. The SMILES string of the molecule is O=C1S/C(=C/c2ccc(OCc3cccc4ccccc34)c(I)c2)C(=O)N1CC1CCCCC1. The molecule has 174 valence electrons. The van der Waals surface area contributed by atoms with Crippen molar-refractivity contribution in [2.24, 2.45) is 5.92 Å². The molecule has 34 heavy (non-hydrogen) atoms. The molecule has 2 amide bonds. The van der Waals surface area contributed by atoms with Gasteiger partial charge in [0.1, 0.15) is 12.4 Å². The number of benzene rings is 3. The summed E-state index contributed by atoms with van der Waals surface area (Å²) in [5.41, 5.74) is 2.04. The van der Waals surface area contributed by atoms with Crippen molar-refractivity contribution in [2.75, 3.05) is 6.54 Å². The number of carbonyl (C=O) groups excluding carboxylic acids is 2. The zero-order valence-corrected chi connectivity index (χ0v) is 21.8. The number of thioether (sulfide) groups is 1. The molecule has 2 aliphatic rings. The summed E-state index contributed by atoms with van der Waals surface area (Å²) in [5.74, 6) is 1.09. The van der Waals surface area contributed by atoms with E-state index in [1.807, 2.05) is 36.4 Å². The van der Waals surface area contributed by atoms with E-state index in [1.165, 1.54) is 34.9 Å². The van der Waals surface area contributed by atoms with E-state index in [1.54, 1.807) is 0 Å². The molecule has 1 heterocycles. The van der Waals surface area contributed by atoms with Crippen LogP contribution in [-0.2, 0) is 11.4 Å². The van der Waals surface area contributed by atoms with Crippen molar-refractivity contribution in [1.82, 2.24) is 4.90 Å². The largest absolute Gasteiger partial charge is 0.488 e. The van der Waals surface area contributed by atoms with Crippen LogP contribution in [0.25, 0.3) is 16.8 Å². The molecule has 1 aliphatic carbocycles. The van der Waals surface area contributed by atoms with Crippen molar-refractivity contribution in [3.05, 3.63) is 80.3 Å². The molecule has 3 aromatic rings. The smallest absolute Gasteiger partial charge is 0.293 e. The van der Waals surface area contributed by atoms with Crippen LogP contribution in [0.2, 0.25) is 0 Å². The topological polar surface area (TPSA) is 46.6 Å². The van der Waals surface area contributed by atoms with Gasteiger partial charge < -0.3 is 4.74 Å². The Kier molecular flexibility index (Phi) is 7.25. The molecule has 1 saturated heterocycles. The van der Waals surface area contributed by atoms with Crippen LogP contribution in [0.4, 0.5) is 4.79 Å². The van der Waals surface area contributed by atoms with Crippen LogP contribution >= 0.6 is 34.4 Å². The Morgan fingerprint density at radius 1 is 1.00 bits per heavy atom. The number of imide groups is 1. The zero-order valence-electron chi connectivity index (χ0n) is 18.8. The Labute approximate surface area is 217 Å². The highest BCUT2D eigenvalue weighted by atomic mass is 127. The van der Waals surface area contributed by atoms with Gasteiger partial charge in [-0.1, -0.05) is 67.8 Å². The minimum Gasteiger partial charge on any atom is -0.488 e. The lowest BCUT2D eigenvalue weighted by atomic mass is 9.89. The molecular formula is C28H26INO3S. The molecule has 0 atom stereocenters. The van der Waals surface area contributed by atoms with Crippen molar-refractivity contribution in [1.29, 1.82) is 0 Å². The van der Waals surface area contributed by atoms with Crippen LogP contribution in [0.3, 0.4) is 0 Å². The van der Waals surface area contributed by atoms with Gasteiger partial charge in [-0.15, -0.1) is 0 Å². The third-order valence-corrected chi connectivity index (χ3v) is 8.31. The van der Waals surface area contributed by atoms with Gasteiger partial charge in [0.15, 0.2) is 0 Å². The lowest BCUT2D eigenvalue weighted by Gasteiger charge is -2.25. The lowest BCUT2D eigenvalue weighted by Crippen LogP contribution is -2.34. The van der Waals surface area contributed by atoms with E-state index < -0.39 is 0 Å². The maximum atomic E-state index is 12.9. The molecule has 0 unspecified atom stereocenters. The number of nitrogens with zero attached hydrogens (tertiary/aromatic N) is 1. The van der Waals surface area contributed by atoms with Crippen molar-refractivity contribution in [3.63, 3.8) is 0 Å². The van der Waals surface area contributed by atoms with Gasteiger partial charge in [0, 0.05) is 6.54 Å². The number of hydrogen-bond donors (Lipinski definition) is 0. The predicted octanol–water partition coefficient (Wildman–Crippen LogP) is 7.64. The number of ether oxygens (including phenoxy) is 1. The Balaban J connectivity index is 1.27. The first-order chi connectivity index (χ1) is 16.6. The fourth-order valence-corrected chi connectivity index (χ4v) is 6.28. The first-order valence-electron chi connectivity index (χ1n) is 11.7. The maximum absolute atomic E-state index is 12.9. The van der Waals surface area contributed by atoms with Crippen LogP contribution in [-0.4, -0.2) is 22.6 Å². The van der Waals surface area contributed by atoms with E-state index in [0.717, 1.165) is 45.1 Å². The Bertz CT molecular complexity index is 1260. The summed E-state index contributed by atoms with van der Waals surface area (Å²) < 4.78 is 7.10. The molecule has 4 nitrogen and oxygen atoms in total. The van der Waals surface area contributed by atoms with E-state index in [4.69, 9.17) is 4.74 Å². The summed E-state index contributed by atoms with van der Waals surface area (Å²) in [6.07, 6.45) is 7.70. The van der Waals surface area contributed by atoms with Crippen LogP contribution in [0.5, 0.6) is 5.75 Å². The molecule has 1 saturated carbocycles. The zero-order chi connectivity index (χ0) is 23.5. The molecule has 1 aliphatic heterocycles. The number of fused-ring (bicyclic) bond motifs is 1. The Morgan fingerprint density at radius 2 is 1.79 bits per heavy atom. The average molecular weight is 583 g/mol. The molecule has 0 radical (unpaired) electrons. The normalized spacial score (nSPS) is 18.3. The highest BCUT2D eigenvalue weighted by Gasteiger charge is 2.36. The summed E-state index contributed by atoms with van der Waals surface area (Å²) in [6, 6.07) is 20.4. The molecule has 2 fully saturated rings. The van der Waals surface area contributed by atoms with Crippen LogP contribution < -0.4 is 4.74 Å². The van der Waals surface area contributed by atoms with E-state index in [0.29, 0.717) is 24.0 Å². The summed E-state index contributed by atoms with van der Waals surface area (Å²) in [6.45, 7) is 1.04. The van der Waals surface area contributed by atoms with Gasteiger partial charge in [0.25, 0.3) is 11.1 Å². The third kappa shape index (κ3) is 5.18. The van der Waals surface area contributed by atoms with E-state index in [-0.39, 0.29) is 11.1 Å². The fraction of sp³-hybridized carbons (Fsp3) is 0.286. The minimum atomic E-state index is -0.160. The molecule has 0 bridgehead atoms. The molecule has 0 spiro atoms. The first-order valence-corrected chi connectivity index (χ1v) is 13.6. The number of rotatable bonds is 6. The van der Waals surface area contributed by atoms with Gasteiger partial charge in [-0.05, 0) is 93.2 Å². The summed E-state index contributed by atoms with van der Waals surface area (Å²) in [5, 5.41) is 2.25. The second-order valence-electron chi connectivity index (χ2n) is 8.91. The van der Waals surface area contributed by atoms with Crippen LogP contribution in [0, 0.1) is 9.49 Å². The lowest BCUT2D eigenvalue weighted by molar-refractivity contribution is -0.123. The molecule has 5 rings (SSSR count). The molecule has 0 aromatic heterocycles. The Morgan fingerprint density at radius 3 is 2.62 bits per heavy atom. The summed E-state index contributed by atoms with van der Waals surface area (Å²) >= 11 is 3.31. The number of hydrogen-bond acceptors (Lipinski definition) is 4. The van der Waals surface area contributed by atoms with E-state index in [2.05, 4.69) is 52.9 Å². The monoisotopic (exact) mass is 583 g/mol. The van der Waals surface area contributed by atoms with Crippen molar-refractivity contribution in [3.8, 4) is 5.75 Å². The summed E-state index contributed by atoms with van der Waals surface area (Å²) in [7, 11) is 0. The number of halogens is 1. The van der Waals surface area contributed by atoms with Gasteiger partial charge in [-0.25, -0.2) is 0 Å². The summed E-state index contributed by atoms with van der Waals surface area (Å²) in [4.78, 5) is 27.3. The second kappa shape index (κ2) is 10.5. The van der Waals surface area contributed by atoms with Gasteiger partial charge in [-0.3, -0.25) is 14.5 Å². The quantitative estimate of drug-likeness (QED) is 0.221. The second-order valence-corrected chi connectivity index (χ2v) is 11.1. The van der Waals surface area contributed by atoms with Crippen molar-refractivity contribution >= 4 is 62.3 Å². The van der Waals surface area contributed by atoms with Gasteiger partial charge in [-0.2, -0.15) is 0 Å². The number of carbonyl (C=O) groups is 2. The van der Waals surface area contributed by atoms with Crippen molar-refractivity contribution < 1.29 is 14.3 Å². The van der Waals surface area contributed by atoms with Gasteiger partial charge >= 0.3 is 0 Å². The highest BCUT2D eigenvalue weighted by Crippen LogP contribution is 2.35.